The maximum Gasteiger partial charge on any atom is 0.130 e. The number of hydrogen-bond acceptors (Lipinski definition) is 2. The zero-order chi connectivity index (χ0) is 14.4. The van der Waals surface area contributed by atoms with Gasteiger partial charge in [-0.3, -0.25) is 0 Å². The van der Waals surface area contributed by atoms with Crippen molar-refractivity contribution in [3.63, 3.8) is 0 Å². The summed E-state index contributed by atoms with van der Waals surface area (Å²) in [6.07, 6.45) is 1.14. The van der Waals surface area contributed by atoms with Gasteiger partial charge in [0.15, 0.2) is 0 Å². The molecule has 1 N–H and O–H groups in total. The smallest absolute Gasteiger partial charge is 0.130 e. The van der Waals surface area contributed by atoms with Gasteiger partial charge in [-0.25, -0.2) is 0 Å². The molecule has 20 heavy (non-hydrogen) atoms. The standard InChI is InChI=1S/C17H20BrNO/c1-3-10-19-12-14-8-9-15(11-16(14)18)20-17-7-5-4-6-13(17)2/h4-9,11,19H,3,10,12H2,1-2H3. The monoisotopic (exact) mass is 333 g/mol. The number of halogens is 1. The van der Waals surface area contributed by atoms with Crippen molar-refractivity contribution in [3.05, 3.63) is 58.1 Å². The summed E-state index contributed by atoms with van der Waals surface area (Å²) in [7, 11) is 0. The third-order valence-electron chi connectivity index (χ3n) is 3.09. The SMILES string of the molecule is CCCNCc1ccc(Oc2ccccc2C)cc1Br. The van der Waals surface area contributed by atoms with E-state index in [1.54, 1.807) is 0 Å². The van der Waals surface area contributed by atoms with Crippen molar-refractivity contribution in [1.82, 2.24) is 5.32 Å². The minimum absolute atomic E-state index is 0.852. The fraction of sp³-hybridized carbons (Fsp3) is 0.294. The second-order valence-electron chi connectivity index (χ2n) is 4.80. The van der Waals surface area contributed by atoms with Crippen LogP contribution in [0.15, 0.2) is 46.9 Å². The molecule has 0 saturated carbocycles. The summed E-state index contributed by atoms with van der Waals surface area (Å²) in [4.78, 5) is 0. The molecular formula is C17H20BrNO. The van der Waals surface area contributed by atoms with E-state index in [-0.39, 0.29) is 0 Å². The third kappa shape index (κ3) is 4.09. The van der Waals surface area contributed by atoms with Crippen LogP contribution in [0.1, 0.15) is 24.5 Å². The normalized spacial score (nSPS) is 10.6. The maximum atomic E-state index is 5.92. The fourth-order valence-corrected chi connectivity index (χ4v) is 2.43. The average molecular weight is 334 g/mol. The number of benzene rings is 2. The van der Waals surface area contributed by atoms with Crippen molar-refractivity contribution >= 4 is 15.9 Å². The van der Waals surface area contributed by atoms with Gasteiger partial charge in [-0.2, -0.15) is 0 Å². The van der Waals surface area contributed by atoms with E-state index in [2.05, 4.69) is 34.2 Å². The molecule has 2 nitrogen and oxygen atoms in total. The van der Waals surface area contributed by atoms with Crippen LogP contribution in [0.5, 0.6) is 11.5 Å². The van der Waals surface area contributed by atoms with E-state index in [1.165, 1.54) is 5.56 Å². The average Bonchev–Trinajstić information content (AvgIpc) is 2.44. The van der Waals surface area contributed by atoms with E-state index in [9.17, 15) is 0 Å². The van der Waals surface area contributed by atoms with Crippen molar-refractivity contribution in [1.29, 1.82) is 0 Å². The van der Waals surface area contributed by atoms with E-state index in [0.29, 0.717) is 0 Å². The number of ether oxygens (including phenoxy) is 1. The van der Waals surface area contributed by atoms with Crippen LogP contribution in [-0.2, 0) is 6.54 Å². The minimum atomic E-state index is 0.852. The highest BCUT2D eigenvalue weighted by Crippen LogP contribution is 2.28. The summed E-state index contributed by atoms with van der Waals surface area (Å²) in [5.41, 5.74) is 2.38. The van der Waals surface area contributed by atoms with Crippen LogP contribution in [0.4, 0.5) is 0 Å². The van der Waals surface area contributed by atoms with E-state index >= 15 is 0 Å². The van der Waals surface area contributed by atoms with Crippen molar-refractivity contribution < 1.29 is 4.74 Å². The quantitative estimate of drug-likeness (QED) is 0.747. The number of nitrogens with one attached hydrogen (secondary N) is 1. The second kappa shape index (κ2) is 7.46. The van der Waals surface area contributed by atoms with Gasteiger partial charge < -0.3 is 10.1 Å². The Kier molecular flexibility index (Phi) is 5.62. The van der Waals surface area contributed by atoms with Crippen LogP contribution in [-0.4, -0.2) is 6.54 Å². The molecule has 2 aromatic carbocycles. The predicted molar refractivity (Wildman–Crippen MR) is 87.4 cm³/mol. The minimum Gasteiger partial charge on any atom is -0.457 e. The molecular weight excluding hydrogens is 314 g/mol. The fourth-order valence-electron chi connectivity index (χ4n) is 1.93. The van der Waals surface area contributed by atoms with Crippen LogP contribution >= 0.6 is 15.9 Å². The number of aryl methyl sites for hydroxylation is 1. The van der Waals surface area contributed by atoms with Gasteiger partial charge in [-0.05, 0) is 49.2 Å². The van der Waals surface area contributed by atoms with Crippen LogP contribution < -0.4 is 10.1 Å². The van der Waals surface area contributed by atoms with Gasteiger partial charge >= 0.3 is 0 Å². The van der Waals surface area contributed by atoms with E-state index < -0.39 is 0 Å². The van der Waals surface area contributed by atoms with Gasteiger partial charge in [0.2, 0.25) is 0 Å². The molecule has 0 atom stereocenters. The van der Waals surface area contributed by atoms with Crippen LogP contribution in [0, 0.1) is 6.92 Å². The molecule has 0 heterocycles. The van der Waals surface area contributed by atoms with Gasteiger partial charge in [0.05, 0.1) is 0 Å². The Morgan fingerprint density at radius 3 is 2.65 bits per heavy atom. The lowest BCUT2D eigenvalue weighted by Gasteiger charge is -2.11. The van der Waals surface area contributed by atoms with E-state index in [0.717, 1.165) is 41.0 Å². The summed E-state index contributed by atoms with van der Waals surface area (Å²) >= 11 is 3.61. The molecule has 0 unspecified atom stereocenters. The lowest BCUT2D eigenvalue weighted by molar-refractivity contribution is 0.478. The Labute approximate surface area is 129 Å². The molecule has 2 rings (SSSR count). The first kappa shape index (κ1) is 15.1. The molecule has 0 aliphatic heterocycles. The highest BCUT2D eigenvalue weighted by molar-refractivity contribution is 9.10. The van der Waals surface area contributed by atoms with Gasteiger partial charge in [-0.15, -0.1) is 0 Å². The molecule has 0 fully saturated rings. The molecule has 0 radical (unpaired) electrons. The van der Waals surface area contributed by atoms with Crippen molar-refractivity contribution in [2.24, 2.45) is 0 Å². The summed E-state index contributed by atoms with van der Waals surface area (Å²) < 4.78 is 7.00. The van der Waals surface area contributed by atoms with Gasteiger partial charge in [0.1, 0.15) is 11.5 Å². The molecule has 0 aliphatic carbocycles. The Morgan fingerprint density at radius 2 is 1.95 bits per heavy atom. The van der Waals surface area contributed by atoms with Crippen molar-refractivity contribution in [3.8, 4) is 11.5 Å². The topological polar surface area (TPSA) is 21.3 Å². The molecule has 0 aromatic heterocycles. The third-order valence-corrected chi connectivity index (χ3v) is 3.83. The van der Waals surface area contributed by atoms with E-state index in [4.69, 9.17) is 4.74 Å². The molecule has 0 amide bonds. The van der Waals surface area contributed by atoms with Crippen LogP contribution in [0.2, 0.25) is 0 Å². The lowest BCUT2D eigenvalue weighted by Crippen LogP contribution is -2.14. The first-order valence-electron chi connectivity index (χ1n) is 6.93. The Bertz CT molecular complexity index is 569. The van der Waals surface area contributed by atoms with Crippen LogP contribution in [0.25, 0.3) is 0 Å². The van der Waals surface area contributed by atoms with Crippen LogP contribution in [0.3, 0.4) is 0 Å². The number of hydrogen-bond donors (Lipinski definition) is 1. The summed E-state index contributed by atoms with van der Waals surface area (Å²) in [5.74, 6) is 1.75. The largest absolute Gasteiger partial charge is 0.457 e. The van der Waals surface area contributed by atoms with E-state index in [1.807, 2.05) is 43.3 Å². The Hall–Kier alpha value is -1.32. The first-order chi connectivity index (χ1) is 9.70. The highest BCUT2D eigenvalue weighted by atomic mass is 79.9. The molecule has 2 aromatic rings. The predicted octanol–water partition coefficient (Wildman–Crippen LogP) is 5.05. The van der Waals surface area contributed by atoms with Gasteiger partial charge in [0, 0.05) is 11.0 Å². The zero-order valence-corrected chi connectivity index (χ0v) is 13.5. The summed E-state index contributed by atoms with van der Waals surface area (Å²) in [6, 6.07) is 14.2. The zero-order valence-electron chi connectivity index (χ0n) is 11.9. The first-order valence-corrected chi connectivity index (χ1v) is 7.72. The summed E-state index contributed by atoms with van der Waals surface area (Å²) in [5, 5.41) is 3.40. The molecule has 3 heteroatoms. The van der Waals surface area contributed by atoms with Crippen molar-refractivity contribution in [2.45, 2.75) is 26.8 Å². The van der Waals surface area contributed by atoms with Gasteiger partial charge in [-0.1, -0.05) is 47.1 Å². The second-order valence-corrected chi connectivity index (χ2v) is 5.65. The molecule has 106 valence electrons. The highest BCUT2D eigenvalue weighted by Gasteiger charge is 2.04. The lowest BCUT2D eigenvalue weighted by atomic mass is 10.2. The molecule has 0 bridgehead atoms. The summed E-state index contributed by atoms with van der Waals surface area (Å²) in [6.45, 7) is 6.13. The Balaban J connectivity index is 2.07. The Morgan fingerprint density at radius 1 is 1.15 bits per heavy atom. The maximum absolute atomic E-state index is 5.92. The van der Waals surface area contributed by atoms with Gasteiger partial charge in [0.25, 0.3) is 0 Å². The number of rotatable bonds is 6. The number of para-hydroxylation sites is 1. The molecule has 0 spiro atoms. The molecule has 0 aliphatic rings. The van der Waals surface area contributed by atoms with Crippen molar-refractivity contribution in [2.75, 3.05) is 6.54 Å². The molecule has 0 saturated heterocycles.